The molecule has 2 aromatic carbocycles. The number of alkyl halides is 2. The molecule has 0 unspecified atom stereocenters. The van der Waals surface area contributed by atoms with Gasteiger partial charge in [-0.15, -0.1) is 0 Å². The molecule has 0 spiro atoms. The van der Waals surface area contributed by atoms with Gasteiger partial charge in [0.2, 0.25) is 5.82 Å². The topological polar surface area (TPSA) is 82.9 Å². The first kappa shape index (κ1) is 32.0. The van der Waals surface area contributed by atoms with Crippen molar-refractivity contribution in [3.05, 3.63) is 58.6 Å². The van der Waals surface area contributed by atoms with Crippen LogP contribution in [-0.4, -0.2) is 68.4 Å². The minimum atomic E-state index is -4.13. The third-order valence-corrected chi connectivity index (χ3v) is 9.17. The Hall–Kier alpha value is -2.93. The van der Waals surface area contributed by atoms with Crippen molar-refractivity contribution in [2.24, 2.45) is 0 Å². The molecule has 1 fully saturated rings. The quantitative estimate of drug-likeness (QED) is 0.134. The molecule has 1 aromatic heterocycles. The first-order valence-corrected chi connectivity index (χ1v) is 17.7. The lowest BCUT2D eigenvalue weighted by Crippen LogP contribution is -2.47. The van der Waals surface area contributed by atoms with Gasteiger partial charge >= 0.3 is 11.9 Å². The van der Waals surface area contributed by atoms with Crippen molar-refractivity contribution in [2.75, 3.05) is 37.9 Å². The molecule has 0 atom stereocenters. The average Bonchev–Trinajstić information content (AvgIpc) is 3.27. The minimum absolute atomic E-state index is 0.0826. The van der Waals surface area contributed by atoms with Crippen LogP contribution >= 0.6 is 11.6 Å². The molecule has 0 aliphatic carbocycles. The molecule has 8 nitrogen and oxygen atoms in total. The lowest BCUT2D eigenvalue weighted by Gasteiger charge is -2.38. The highest BCUT2D eigenvalue weighted by Gasteiger charge is 2.45. The van der Waals surface area contributed by atoms with Crippen molar-refractivity contribution in [3.63, 3.8) is 0 Å². The molecule has 1 aliphatic rings. The van der Waals surface area contributed by atoms with E-state index in [2.05, 4.69) is 29.4 Å². The number of anilines is 1. The summed E-state index contributed by atoms with van der Waals surface area (Å²) in [5.41, 5.74) is 1.37. The highest BCUT2D eigenvalue weighted by atomic mass is 35.5. The molecule has 1 aliphatic heterocycles. The number of ether oxygens (including phenoxy) is 3. The first-order valence-electron chi connectivity index (χ1n) is 13.6. The van der Waals surface area contributed by atoms with E-state index in [9.17, 15) is 14.0 Å². The van der Waals surface area contributed by atoms with E-state index >= 15 is 8.78 Å². The van der Waals surface area contributed by atoms with Crippen molar-refractivity contribution in [1.82, 2.24) is 9.55 Å². The van der Waals surface area contributed by atoms with Gasteiger partial charge in [-0.25, -0.2) is 14.2 Å². The van der Waals surface area contributed by atoms with E-state index in [1.807, 2.05) is 19.1 Å². The number of halogens is 4. The Kier molecular flexibility index (Phi) is 9.41. The van der Waals surface area contributed by atoms with Gasteiger partial charge in [0.15, 0.2) is 0 Å². The van der Waals surface area contributed by atoms with Crippen LogP contribution in [0.2, 0.25) is 30.7 Å². The van der Waals surface area contributed by atoms with Gasteiger partial charge in [0.25, 0.3) is 5.91 Å². The van der Waals surface area contributed by atoms with E-state index in [0.717, 1.165) is 17.7 Å². The second-order valence-electron chi connectivity index (χ2n) is 11.9. The fraction of sp³-hybridized carbons (Fsp3) is 0.483. The smallest absolute Gasteiger partial charge is 0.378 e. The highest BCUT2D eigenvalue weighted by molar-refractivity contribution is 6.76. The molecule has 2 heterocycles. The summed E-state index contributed by atoms with van der Waals surface area (Å²) in [5.74, 6) is -8.12. The van der Waals surface area contributed by atoms with Gasteiger partial charge in [-0.05, 0) is 42.8 Å². The summed E-state index contributed by atoms with van der Waals surface area (Å²) in [7, 11) is -1.43. The Bertz CT molecular complexity index is 1470. The SMILES string of the molecule is CCOC(=O)C(F)(F)CN(C(=O)c1nc2cc(C3(C)COC3)ccc2n1COCC[Si](C)(C)C)c1cccc(F)c1Cl. The van der Waals surface area contributed by atoms with E-state index in [1.165, 1.54) is 23.6 Å². The molecule has 0 radical (unpaired) electrons. The second kappa shape index (κ2) is 12.4. The van der Waals surface area contributed by atoms with Crippen LogP contribution in [0.4, 0.5) is 18.9 Å². The van der Waals surface area contributed by atoms with Crippen LogP contribution in [0.1, 0.15) is 30.0 Å². The Morgan fingerprint density at radius 1 is 1.21 bits per heavy atom. The van der Waals surface area contributed by atoms with E-state index in [4.69, 9.17) is 21.1 Å². The molecule has 0 N–H and O–H groups in total. The van der Waals surface area contributed by atoms with Gasteiger partial charge in [0, 0.05) is 20.1 Å². The number of nitrogens with zero attached hydrogens (tertiary/aromatic N) is 3. The number of hydrogen-bond acceptors (Lipinski definition) is 6. The van der Waals surface area contributed by atoms with Crippen LogP contribution in [0.3, 0.4) is 0 Å². The molecule has 13 heteroatoms. The van der Waals surface area contributed by atoms with Gasteiger partial charge in [-0.2, -0.15) is 8.78 Å². The number of carbonyl (C=O) groups is 2. The zero-order valence-corrected chi connectivity index (χ0v) is 26.1. The average molecular weight is 626 g/mol. The summed E-state index contributed by atoms with van der Waals surface area (Å²) in [4.78, 5) is 31.3. The molecule has 4 rings (SSSR count). The Balaban J connectivity index is 1.80. The summed E-state index contributed by atoms with van der Waals surface area (Å²) in [6.45, 7) is 9.70. The van der Waals surface area contributed by atoms with Crippen molar-refractivity contribution in [1.29, 1.82) is 0 Å². The Labute approximate surface area is 248 Å². The molecule has 1 saturated heterocycles. The van der Waals surface area contributed by atoms with Crippen LogP contribution in [-0.2, 0) is 31.2 Å². The number of esters is 1. The fourth-order valence-electron chi connectivity index (χ4n) is 4.50. The molecule has 0 bridgehead atoms. The van der Waals surface area contributed by atoms with Gasteiger partial charge in [0.05, 0.1) is 36.5 Å². The number of fused-ring (bicyclic) bond motifs is 1. The van der Waals surface area contributed by atoms with Gasteiger partial charge in [-0.3, -0.25) is 14.3 Å². The number of aromatic nitrogens is 2. The molecular weight excluding hydrogens is 591 g/mol. The van der Waals surface area contributed by atoms with Crippen LogP contribution in [0, 0.1) is 5.82 Å². The Morgan fingerprint density at radius 2 is 1.93 bits per heavy atom. The van der Waals surface area contributed by atoms with Crippen LogP contribution in [0.25, 0.3) is 11.0 Å². The zero-order valence-electron chi connectivity index (χ0n) is 24.3. The molecule has 42 heavy (non-hydrogen) atoms. The van der Waals surface area contributed by atoms with Gasteiger partial charge < -0.3 is 14.2 Å². The van der Waals surface area contributed by atoms with Crippen molar-refractivity contribution >= 4 is 48.3 Å². The molecule has 3 aromatic rings. The van der Waals surface area contributed by atoms with Crippen molar-refractivity contribution < 1.29 is 37.0 Å². The van der Waals surface area contributed by atoms with Crippen LogP contribution < -0.4 is 4.90 Å². The maximum atomic E-state index is 15.1. The van der Waals surface area contributed by atoms with Crippen LogP contribution in [0.5, 0.6) is 0 Å². The molecule has 0 saturated carbocycles. The fourth-order valence-corrected chi connectivity index (χ4v) is 5.48. The van der Waals surface area contributed by atoms with Crippen molar-refractivity contribution in [3.8, 4) is 0 Å². The van der Waals surface area contributed by atoms with Crippen molar-refractivity contribution in [2.45, 2.75) is 57.6 Å². The monoisotopic (exact) mass is 625 g/mol. The van der Waals surface area contributed by atoms with E-state index < -0.39 is 43.3 Å². The standard InChI is InChI=1S/C29H35ClF3N3O5Si/c1-6-41-27(38)29(32,33)15-35(23-9-7-8-20(31)24(23)30)26(37)25-34-21-14-19(28(2)16-40-17-28)10-11-22(21)36(25)18-39-12-13-42(3,4)5/h7-11,14H,6,12-13,15-18H2,1-5H3. The van der Waals surface area contributed by atoms with E-state index in [0.29, 0.717) is 35.8 Å². The van der Waals surface area contributed by atoms with Gasteiger partial charge in [0.1, 0.15) is 24.1 Å². The molecular formula is C29H35ClF3N3O5Si. The Morgan fingerprint density at radius 3 is 2.55 bits per heavy atom. The first-order chi connectivity index (χ1) is 19.7. The largest absolute Gasteiger partial charge is 0.462 e. The molecule has 1 amide bonds. The number of amides is 1. The molecule has 228 valence electrons. The lowest BCUT2D eigenvalue weighted by molar-refractivity contribution is -0.169. The summed E-state index contributed by atoms with van der Waals surface area (Å²) in [5, 5.41) is -0.556. The third-order valence-electron chi connectivity index (χ3n) is 7.09. The van der Waals surface area contributed by atoms with E-state index in [1.54, 1.807) is 6.07 Å². The maximum Gasteiger partial charge on any atom is 0.378 e. The summed E-state index contributed by atoms with van der Waals surface area (Å²) < 4.78 is 62.0. The number of imidazole rings is 1. The number of hydrogen-bond donors (Lipinski definition) is 0. The summed E-state index contributed by atoms with van der Waals surface area (Å²) >= 11 is 6.16. The normalized spacial score (nSPS) is 15.0. The number of benzene rings is 2. The van der Waals surface area contributed by atoms with E-state index in [-0.39, 0.29) is 30.3 Å². The number of rotatable bonds is 12. The number of carbonyl (C=O) groups excluding carboxylic acids is 2. The predicted octanol–water partition coefficient (Wildman–Crippen LogP) is 6.27. The predicted molar refractivity (Wildman–Crippen MR) is 157 cm³/mol. The maximum absolute atomic E-state index is 15.1. The van der Waals surface area contributed by atoms with Gasteiger partial charge in [-0.1, -0.05) is 50.3 Å². The second-order valence-corrected chi connectivity index (χ2v) is 17.9. The van der Waals surface area contributed by atoms with Crippen LogP contribution in [0.15, 0.2) is 36.4 Å². The highest BCUT2D eigenvalue weighted by Crippen LogP contribution is 2.35. The summed E-state index contributed by atoms with van der Waals surface area (Å²) in [6, 6.07) is 9.89. The summed E-state index contributed by atoms with van der Waals surface area (Å²) in [6.07, 6.45) is 0. The lowest BCUT2D eigenvalue weighted by atomic mass is 9.81. The zero-order chi connectivity index (χ0) is 30.9. The minimum Gasteiger partial charge on any atom is -0.462 e. The third kappa shape index (κ3) is 6.82.